The highest BCUT2D eigenvalue weighted by atomic mass is 19.1. The van der Waals surface area contributed by atoms with Gasteiger partial charge in [-0.15, -0.1) is 0 Å². The number of methoxy groups -OCH3 is 2. The SMILES string of the molecule is COc1ccc(CCNC(=O)N(C)Cc2ccc(OC)c(F)c2)cc1. The normalized spacial score (nSPS) is 10.2. The summed E-state index contributed by atoms with van der Waals surface area (Å²) in [5, 5.41) is 2.85. The van der Waals surface area contributed by atoms with E-state index in [1.807, 2.05) is 24.3 Å². The number of carbonyl (C=O) groups excluding carboxylic acids is 1. The smallest absolute Gasteiger partial charge is 0.317 e. The van der Waals surface area contributed by atoms with Crippen molar-refractivity contribution >= 4 is 6.03 Å². The Kier molecular flexibility index (Phi) is 6.62. The van der Waals surface area contributed by atoms with Crippen LogP contribution in [0.5, 0.6) is 11.5 Å². The molecule has 0 fully saturated rings. The highest BCUT2D eigenvalue weighted by Crippen LogP contribution is 2.18. The van der Waals surface area contributed by atoms with Crippen molar-refractivity contribution in [2.45, 2.75) is 13.0 Å². The van der Waals surface area contributed by atoms with Gasteiger partial charge in [-0.25, -0.2) is 9.18 Å². The van der Waals surface area contributed by atoms with Crippen molar-refractivity contribution in [1.29, 1.82) is 0 Å². The number of hydrogen-bond acceptors (Lipinski definition) is 3. The van der Waals surface area contributed by atoms with E-state index in [2.05, 4.69) is 5.32 Å². The summed E-state index contributed by atoms with van der Waals surface area (Å²) in [6, 6.07) is 12.2. The molecule has 2 rings (SSSR count). The molecule has 2 aromatic rings. The van der Waals surface area contributed by atoms with Crippen molar-refractivity contribution in [1.82, 2.24) is 10.2 Å². The molecule has 6 heteroatoms. The number of nitrogens with zero attached hydrogens (tertiary/aromatic N) is 1. The van der Waals surface area contributed by atoms with Crippen LogP contribution < -0.4 is 14.8 Å². The van der Waals surface area contributed by atoms with Crippen LogP contribution in [0.15, 0.2) is 42.5 Å². The van der Waals surface area contributed by atoms with Gasteiger partial charge in [-0.1, -0.05) is 18.2 Å². The highest BCUT2D eigenvalue weighted by Gasteiger charge is 2.10. The van der Waals surface area contributed by atoms with Gasteiger partial charge in [-0.2, -0.15) is 0 Å². The van der Waals surface area contributed by atoms with Crippen LogP contribution in [-0.2, 0) is 13.0 Å². The number of amides is 2. The molecule has 0 radical (unpaired) electrons. The van der Waals surface area contributed by atoms with Gasteiger partial charge < -0.3 is 19.7 Å². The second-order valence-corrected chi connectivity index (χ2v) is 5.65. The zero-order valence-electron chi connectivity index (χ0n) is 14.7. The van der Waals surface area contributed by atoms with E-state index in [0.29, 0.717) is 18.7 Å². The average molecular weight is 346 g/mol. The first-order valence-electron chi connectivity index (χ1n) is 7.97. The molecular formula is C19H23FN2O3. The zero-order valence-corrected chi connectivity index (χ0v) is 14.7. The van der Waals surface area contributed by atoms with E-state index in [4.69, 9.17) is 9.47 Å². The molecule has 134 valence electrons. The van der Waals surface area contributed by atoms with E-state index in [9.17, 15) is 9.18 Å². The molecule has 0 aliphatic rings. The van der Waals surface area contributed by atoms with Crippen LogP contribution in [-0.4, -0.2) is 38.7 Å². The van der Waals surface area contributed by atoms with Crippen LogP contribution in [0.4, 0.5) is 9.18 Å². The number of urea groups is 1. The molecule has 25 heavy (non-hydrogen) atoms. The minimum atomic E-state index is -0.437. The van der Waals surface area contributed by atoms with Gasteiger partial charge in [-0.3, -0.25) is 0 Å². The standard InChI is InChI=1S/C19H23FN2O3/c1-22(13-15-6-9-18(25-3)17(20)12-15)19(23)21-11-10-14-4-7-16(24-2)8-5-14/h4-9,12H,10-11,13H2,1-3H3,(H,21,23). The summed E-state index contributed by atoms with van der Waals surface area (Å²) in [6.07, 6.45) is 0.723. The van der Waals surface area contributed by atoms with E-state index >= 15 is 0 Å². The molecule has 2 amide bonds. The first kappa shape index (κ1) is 18.6. The monoisotopic (exact) mass is 346 g/mol. The third-order valence-corrected chi connectivity index (χ3v) is 3.83. The first-order valence-corrected chi connectivity index (χ1v) is 7.97. The molecule has 0 aromatic heterocycles. The topological polar surface area (TPSA) is 50.8 Å². The third kappa shape index (κ3) is 5.38. The number of nitrogens with one attached hydrogen (secondary N) is 1. The summed E-state index contributed by atoms with van der Waals surface area (Å²) < 4.78 is 23.7. The van der Waals surface area contributed by atoms with Crippen LogP contribution in [0.3, 0.4) is 0 Å². The van der Waals surface area contributed by atoms with Gasteiger partial charge in [0.2, 0.25) is 0 Å². The summed E-state index contributed by atoms with van der Waals surface area (Å²) in [5.74, 6) is 0.558. The lowest BCUT2D eigenvalue weighted by atomic mass is 10.1. The van der Waals surface area contributed by atoms with Crippen molar-refractivity contribution < 1.29 is 18.7 Å². The lowest BCUT2D eigenvalue weighted by Gasteiger charge is -2.18. The van der Waals surface area contributed by atoms with Gasteiger partial charge in [0.05, 0.1) is 14.2 Å². The molecule has 0 heterocycles. The van der Waals surface area contributed by atoms with Crippen LogP contribution in [0, 0.1) is 5.82 Å². The lowest BCUT2D eigenvalue weighted by Crippen LogP contribution is -2.37. The van der Waals surface area contributed by atoms with Gasteiger partial charge in [0.1, 0.15) is 5.75 Å². The van der Waals surface area contributed by atoms with Crippen LogP contribution >= 0.6 is 0 Å². The molecule has 0 bridgehead atoms. The predicted octanol–water partition coefficient (Wildman–Crippen LogP) is 3.23. The maximum atomic E-state index is 13.7. The maximum Gasteiger partial charge on any atom is 0.317 e. The van der Waals surface area contributed by atoms with Crippen LogP contribution in [0.2, 0.25) is 0 Å². The summed E-state index contributed by atoms with van der Waals surface area (Å²) in [5.41, 5.74) is 1.81. The largest absolute Gasteiger partial charge is 0.497 e. The molecule has 0 unspecified atom stereocenters. The molecule has 2 aromatic carbocycles. The molecule has 1 N–H and O–H groups in total. The Hall–Kier alpha value is -2.76. The Bertz CT molecular complexity index is 704. The molecule has 0 aliphatic carbocycles. The summed E-state index contributed by atoms with van der Waals surface area (Å²) in [7, 11) is 4.71. The van der Waals surface area contributed by atoms with Gasteiger partial charge in [-0.05, 0) is 41.8 Å². The fourth-order valence-corrected chi connectivity index (χ4v) is 2.39. The fourth-order valence-electron chi connectivity index (χ4n) is 2.39. The highest BCUT2D eigenvalue weighted by molar-refractivity contribution is 5.73. The number of rotatable bonds is 7. The lowest BCUT2D eigenvalue weighted by molar-refractivity contribution is 0.207. The van der Waals surface area contributed by atoms with Gasteiger partial charge in [0.25, 0.3) is 0 Å². The number of carbonyl (C=O) groups is 1. The van der Waals surface area contributed by atoms with E-state index in [1.165, 1.54) is 18.1 Å². The van der Waals surface area contributed by atoms with E-state index < -0.39 is 5.82 Å². The molecular weight excluding hydrogens is 323 g/mol. The molecule has 0 saturated heterocycles. The fraction of sp³-hybridized carbons (Fsp3) is 0.316. The quantitative estimate of drug-likeness (QED) is 0.837. The second-order valence-electron chi connectivity index (χ2n) is 5.65. The summed E-state index contributed by atoms with van der Waals surface area (Å²) in [6.45, 7) is 0.835. The summed E-state index contributed by atoms with van der Waals surface area (Å²) in [4.78, 5) is 13.6. The van der Waals surface area contributed by atoms with Crippen molar-refractivity contribution in [3.63, 3.8) is 0 Å². The molecule has 5 nitrogen and oxygen atoms in total. The van der Waals surface area contributed by atoms with Gasteiger partial charge >= 0.3 is 6.03 Å². The van der Waals surface area contributed by atoms with Crippen molar-refractivity contribution in [3.05, 3.63) is 59.4 Å². The average Bonchev–Trinajstić information content (AvgIpc) is 2.62. The van der Waals surface area contributed by atoms with Crippen LogP contribution in [0.1, 0.15) is 11.1 Å². The molecule has 0 spiro atoms. The van der Waals surface area contributed by atoms with Crippen molar-refractivity contribution in [2.24, 2.45) is 0 Å². The van der Waals surface area contributed by atoms with E-state index in [-0.39, 0.29) is 11.8 Å². The Labute approximate surface area is 147 Å². The Balaban J connectivity index is 1.80. The molecule has 0 saturated carbocycles. The Morgan fingerprint density at radius 2 is 1.76 bits per heavy atom. The van der Waals surface area contributed by atoms with Crippen molar-refractivity contribution in [2.75, 3.05) is 27.8 Å². The maximum absolute atomic E-state index is 13.7. The molecule has 0 aliphatic heterocycles. The molecule has 0 atom stereocenters. The number of ether oxygens (including phenoxy) is 2. The Morgan fingerprint density at radius 1 is 1.08 bits per heavy atom. The number of halogens is 1. The van der Waals surface area contributed by atoms with E-state index in [0.717, 1.165) is 17.7 Å². The summed E-state index contributed by atoms with van der Waals surface area (Å²) >= 11 is 0. The van der Waals surface area contributed by atoms with Gasteiger partial charge in [0.15, 0.2) is 11.6 Å². The van der Waals surface area contributed by atoms with Crippen LogP contribution in [0.25, 0.3) is 0 Å². The van der Waals surface area contributed by atoms with Crippen molar-refractivity contribution in [3.8, 4) is 11.5 Å². The first-order chi connectivity index (χ1) is 12.0. The number of benzene rings is 2. The van der Waals surface area contributed by atoms with E-state index in [1.54, 1.807) is 26.3 Å². The predicted molar refractivity (Wildman–Crippen MR) is 94.5 cm³/mol. The minimum absolute atomic E-state index is 0.190. The third-order valence-electron chi connectivity index (χ3n) is 3.83. The second kappa shape index (κ2) is 8.92. The Morgan fingerprint density at radius 3 is 2.36 bits per heavy atom. The number of hydrogen-bond donors (Lipinski definition) is 1. The zero-order chi connectivity index (χ0) is 18.2. The minimum Gasteiger partial charge on any atom is -0.497 e. The van der Waals surface area contributed by atoms with Gasteiger partial charge in [0, 0.05) is 20.1 Å².